The van der Waals surface area contributed by atoms with Gasteiger partial charge in [-0.3, -0.25) is 0 Å². The smallest absolute Gasteiger partial charge is 0.241 e. The third-order valence-corrected chi connectivity index (χ3v) is 5.81. The average Bonchev–Trinajstić information content (AvgIpc) is 3.21. The van der Waals surface area contributed by atoms with Gasteiger partial charge in [-0.2, -0.15) is 0 Å². The van der Waals surface area contributed by atoms with Gasteiger partial charge in [-0.05, 0) is 52.3 Å². The van der Waals surface area contributed by atoms with Crippen molar-refractivity contribution in [2.24, 2.45) is 0 Å². The van der Waals surface area contributed by atoms with E-state index in [1.165, 1.54) is 0 Å². The van der Waals surface area contributed by atoms with Crippen molar-refractivity contribution in [3.05, 3.63) is 77.1 Å². The maximum atomic E-state index is 12.5. The zero-order valence-electron chi connectivity index (χ0n) is 12.0. The number of benzene rings is 1. The molecular weight excluding hydrogens is 382 g/mol. The van der Waals surface area contributed by atoms with Crippen molar-refractivity contribution in [3.63, 3.8) is 0 Å². The van der Waals surface area contributed by atoms with Gasteiger partial charge in [0.15, 0.2) is 0 Å². The van der Waals surface area contributed by atoms with E-state index >= 15 is 0 Å². The molecule has 0 atom stereocenters. The number of halogens is 1. The summed E-state index contributed by atoms with van der Waals surface area (Å²) in [7, 11) is -3.65. The molecular formula is C16H14BrNO4S. The van der Waals surface area contributed by atoms with Gasteiger partial charge in [-0.25, -0.2) is 13.1 Å². The predicted molar refractivity (Wildman–Crippen MR) is 88.6 cm³/mol. The van der Waals surface area contributed by atoms with Crippen LogP contribution in [0.25, 0.3) is 0 Å². The highest BCUT2D eigenvalue weighted by molar-refractivity contribution is 9.10. The third kappa shape index (κ3) is 3.57. The molecule has 2 aromatic heterocycles. The lowest BCUT2D eigenvalue weighted by atomic mass is 10.0. The molecule has 0 aliphatic rings. The highest BCUT2D eigenvalue weighted by Gasteiger charge is 2.24. The van der Waals surface area contributed by atoms with Crippen molar-refractivity contribution in [1.29, 1.82) is 0 Å². The standard InChI is InChI=1S/C16H14BrNO4S/c17-13-5-1-2-8-16(13)23(19,20)18-11-12(14-6-3-9-21-14)15-7-4-10-22-15/h1-10,12,18H,11H2. The van der Waals surface area contributed by atoms with Crippen LogP contribution in [0.15, 0.2) is 79.3 Å². The number of nitrogens with one attached hydrogen (secondary N) is 1. The Balaban J connectivity index is 1.84. The Labute approximate surface area is 142 Å². The molecule has 5 nitrogen and oxygen atoms in total. The fraction of sp³-hybridized carbons (Fsp3) is 0.125. The minimum absolute atomic E-state index is 0.130. The predicted octanol–water partition coefficient (Wildman–Crippen LogP) is 3.75. The molecule has 1 N–H and O–H groups in total. The molecule has 0 fully saturated rings. The summed E-state index contributed by atoms with van der Waals surface area (Å²) in [6.45, 7) is 0.130. The highest BCUT2D eigenvalue weighted by atomic mass is 79.9. The second-order valence-electron chi connectivity index (χ2n) is 4.87. The van der Waals surface area contributed by atoms with Crippen molar-refractivity contribution in [2.45, 2.75) is 10.8 Å². The van der Waals surface area contributed by atoms with E-state index in [1.54, 1.807) is 61.1 Å². The number of hydrogen-bond acceptors (Lipinski definition) is 4. The summed E-state index contributed by atoms with van der Waals surface area (Å²) in [5, 5.41) is 0. The van der Waals surface area contributed by atoms with Crippen LogP contribution in [-0.4, -0.2) is 15.0 Å². The van der Waals surface area contributed by atoms with Gasteiger partial charge >= 0.3 is 0 Å². The second kappa shape index (κ2) is 6.74. The van der Waals surface area contributed by atoms with Gasteiger partial charge in [-0.15, -0.1) is 0 Å². The highest BCUT2D eigenvalue weighted by Crippen LogP contribution is 2.26. The molecule has 0 saturated carbocycles. The number of rotatable bonds is 6. The van der Waals surface area contributed by atoms with Crippen LogP contribution >= 0.6 is 15.9 Å². The van der Waals surface area contributed by atoms with Crippen LogP contribution in [0.2, 0.25) is 0 Å². The van der Waals surface area contributed by atoms with E-state index in [1.807, 2.05) is 0 Å². The molecule has 1 aromatic carbocycles. The summed E-state index contributed by atoms with van der Waals surface area (Å²) in [5.74, 6) is 0.932. The summed E-state index contributed by atoms with van der Waals surface area (Å²) in [6.07, 6.45) is 3.10. The van der Waals surface area contributed by atoms with Crippen LogP contribution in [-0.2, 0) is 10.0 Å². The summed E-state index contributed by atoms with van der Waals surface area (Å²) in [5.41, 5.74) is 0. The molecule has 0 aliphatic carbocycles. The lowest BCUT2D eigenvalue weighted by Gasteiger charge is -2.14. The lowest BCUT2D eigenvalue weighted by molar-refractivity contribution is 0.424. The van der Waals surface area contributed by atoms with E-state index in [2.05, 4.69) is 20.7 Å². The molecule has 0 aliphatic heterocycles. The largest absolute Gasteiger partial charge is 0.469 e. The van der Waals surface area contributed by atoms with E-state index < -0.39 is 10.0 Å². The van der Waals surface area contributed by atoms with Crippen LogP contribution in [0.5, 0.6) is 0 Å². The Hall–Kier alpha value is -1.83. The normalized spacial score (nSPS) is 11.9. The van der Waals surface area contributed by atoms with Crippen molar-refractivity contribution in [1.82, 2.24) is 4.72 Å². The van der Waals surface area contributed by atoms with Gasteiger partial charge in [0, 0.05) is 11.0 Å². The van der Waals surface area contributed by atoms with Gasteiger partial charge in [0.1, 0.15) is 11.5 Å². The minimum atomic E-state index is -3.65. The molecule has 0 spiro atoms. The monoisotopic (exact) mass is 395 g/mol. The van der Waals surface area contributed by atoms with Crippen molar-refractivity contribution < 1.29 is 17.3 Å². The summed E-state index contributed by atoms with van der Waals surface area (Å²) >= 11 is 3.26. The lowest BCUT2D eigenvalue weighted by Crippen LogP contribution is -2.29. The Morgan fingerprint density at radius 3 is 2.09 bits per heavy atom. The Morgan fingerprint density at radius 1 is 0.957 bits per heavy atom. The molecule has 23 heavy (non-hydrogen) atoms. The molecule has 2 heterocycles. The van der Waals surface area contributed by atoms with E-state index in [9.17, 15) is 8.42 Å². The molecule has 0 bridgehead atoms. The van der Waals surface area contributed by atoms with Gasteiger partial charge < -0.3 is 8.83 Å². The third-order valence-electron chi connectivity index (χ3n) is 3.38. The van der Waals surface area contributed by atoms with Crippen LogP contribution in [0.1, 0.15) is 17.4 Å². The van der Waals surface area contributed by atoms with Gasteiger partial charge in [0.05, 0.1) is 23.3 Å². The minimum Gasteiger partial charge on any atom is -0.469 e. The second-order valence-corrected chi connectivity index (χ2v) is 7.46. The van der Waals surface area contributed by atoms with Crippen LogP contribution in [0.4, 0.5) is 0 Å². The molecule has 0 amide bonds. The molecule has 0 radical (unpaired) electrons. The van der Waals surface area contributed by atoms with Gasteiger partial charge in [0.25, 0.3) is 0 Å². The van der Waals surface area contributed by atoms with Gasteiger partial charge in [-0.1, -0.05) is 12.1 Å². The molecule has 7 heteroatoms. The molecule has 120 valence electrons. The molecule has 3 aromatic rings. The topological polar surface area (TPSA) is 72.5 Å². The van der Waals surface area contributed by atoms with E-state index in [4.69, 9.17) is 8.83 Å². The van der Waals surface area contributed by atoms with Crippen molar-refractivity contribution in [2.75, 3.05) is 6.54 Å². The first kappa shape index (κ1) is 16.0. The summed E-state index contributed by atoms with van der Waals surface area (Å²) in [6, 6.07) is 13.8. The van der Waals surface area contributed by atoms with Crippen LogP contribution in [0.3, 0.4) is 0 Å². The van der Waals surface area contributed by atoms with Crippen molar-refractivity contribution in [3.8, 4) is 0 Å². The molecule has 0 unspecified atom stereocenters. The maximum absolute atomic E-state index is 12.5. The summed E-state index contributed by atoms with van der Waals surface area (Å²) < 4.78 is 38.9. The summed E-state index contributed by atoms with van der Waals surface area (Å²) in [4.78, 5) is 0.192. The fourth-order valence-corrected chi connectivity index (χ4v) is 4.30. The Morgan fingerprint density at radius 2 is 1.57 bits per heavy atom. The first-order valence-corrected chi connectivity index (χ1v) is 9.16. The zero-order chi connectivity index (χ0) is 16.3. The maximum Gasteiger partial charge on any atom is 0.241 e. The van der Waals surface area contributed by atoms with Crippen molar-refractivity contribution >= 4 is 26.0 Å². The Kier molecular flexibility index (Phi) is 4.70. The molecule has 3 rings (SSSR count). The van der Waals surface area contributed by atoms with E-state index in [0.717, 1.165) is 0 Å². The van der Waals surface area contributed by atoms with Crippen LogP contribution < -0.4 is 4.72 Å². The fourth-order valence-electron chi connectivity index (χ4n) is 2.25. The zero-order valence-corrected chi connectivity index (χ0v) is 14.4. The van der Waals surface area contributed by atoms with Gasteiger partial charge in [0.2, 0.25) is 10.0 Å². The van der Waals surface area contributed by atoms with E-state index in [0.29, 0.717) is 16.0 Å². The number of sulfonamides is 1. The number of hydrogen-bond donors (Lipinski definition) is 1. The first-order valence-electron chi connectivity index (χ1n) is 6.89. The van der Waals surface area contributed by atoms with E-state index in [-0.39, 0.29) is 17.4 Å². The number of furan rings is 2. The quantitative estimate of drug-likeness (QED) is 0.689. The van der Waals surface area contributed by atoms with Crippen LogP contribution in [0, 0.1) is 0 Å². The Bertz CT molecular complexity index is 823. The SMILES string of the molecule is O=S(=O)(NCC(c1ccco1)c1ccco1)c1ccccc1Br. The average molecular weight is 396 g/mol. The molecule has 0 saturated heterocycles. The first-order chi connectivity index (χ1) is 11.1.